The highest BCUT2D eigenvalue weighted by atomic mass is 16.4. The molecule has 2 rings (SSSR count). The molecule has 0 bridgehead atoms. The van der Waals surface area contributed by atoms with Gasteiger partial charge in [0.25, 0.3) is 0 Å². The van der Waals surface area contributed by atoms with E-state index in [9.17, 15) is 9.90 Å². The van der Waals surface area contributed by atoms with Gasteiger partial charge in [-0.15, -0.1) is 0 Å². The van der Waals surface area contributed by atoms with Gasteiger partial charge in [0, 0.05) is 17.4 Å². The average molecular weight is 248 g/mol. The van der Waals surface area contributed by atoms with E-state index in [1.807, 2.05) is 0 Å². The van der Waals surface area contributed by atoms with E-state index in [0.29, 0.717) is 29.3 Å². The number of benzene rings is 1. The Labute approximate surface area is 107 Å². The molecule has 0 heterocycles. The molecule has 1 aliphatic rings. The predicted molar refractivity (Wildman–Crippen MR) is 72.8 cm³/mol. The summed E-state index contributed by atoms with van der Waals surface area (Å²) in [7, 11) is 0. The molecule has 1 saturated carbocycles. The van der Waals surface area contributed by atoms with Gasteiger partial charge < -0.3 is 16.2 Å². The van der Waals surface area contributed by atoms with Crippen molar-refractivity contribution in [3.05, 3.63) is 23.8 Å². The van der Waals surface area contributed by atoms with E-state index in [0.717, 1.165) is 6.42 Å². The van der Waals surface area contributed by atoms with Crippen LogP contribution >= 0.6 is 0 Å². The minimum atomic E-state index is -0.941. The van der Waals surface area contributed by atoms with Crippen LogP contribution in [-0.4, -0.2) is 17.1 Å². The zero-order chi connectivity index (χ0) is 13.3. The first kappa shape index (κ1) is 12.7. The molecule has 4 nitrogen and oxygen atoms in total. The Morgan fingerprint density at radius 1 is 1.39 bits per heavy atom. The van der Waals surface area contributed by atoms with Crippen LogP contribution in [0.3, 0.4) is 0 Å². The molecule has 1 aromatic carbocycles. The molecular formula is C14H20N2O2. The molecule has 1 aromatic rings. The first-order chi connectivity index (χ1) is 8.49. The third-order valence-electron chi connectivity index (χ3n) is 4.08. The second kappa shape index (κ2) is 4.88. The Kier molecular flexibility index (Phi) is 3.45. The number of carboxylic acids is 1. The van der Waals surface area contributed by atoms with Gasteiger partial charge in [-0.05, 0) is 42.9 Å². The van der Waals surface area contributed by atoms with Gasteiger partial charge in [0.2, 0.25) is 0 Å². The van der Waals surface area contributed by atoms with Crippen molar-refractivity contribution in [2.75, 3.05) is 11.1 Å². The first-order valence-corrected chi connectivity index (χ1v) is 6.38. The van der Waals surface area contributed by atoms with E-state index >= 15 is 0 Å². The topological polar surface area (TPSA) is 75.3 Å². The van der Waals surface area contributed by atoms with E-state index in [4.69, 9.17) is 5.73 Å². The highest BCUT2D eigenvalue weighted by Crippen LogP contribution is 2.34. The number of rotatable bonds is 3. The largest absolute Gasteiger partial charge is 0.478 e. The smallest absolute Gasteiger partial charge is 0.337 e. The van der Waals surface area contributed by atoms with Crippen molar-refractivity contribution in [2.24, 2.45) is 11.8 Å². The average Bonchev–Trinajstić information content (AvgIpc) is 2.63. The summed E-state index contributed by atoms with van der Waals surface area (Å²) in [6.45, 7) is 4.46. The Bertz CT molecular complexity index is 459. The molecule has 3 atom stereocenters. The number of hydrogen-bond acceptors (Lipinski definition) is 3. The van der Waals surface area contributed by atoms with Crippen LogP contribution in [0.5, 0.6) is 0 Å². The summed E-state index contributed by atoms with van der Waals surface area (Å²) >= 11 is 0. The number of aromatic carboxylic acids is 1. The molecule has 1 aliphatic carbocycles. The third kappa shape index (κ3) is 2.42. The van der Waals surface area contributed by atoms with Gasteiger partial charge in [0.05, 0.1) is 5.56 Å². The fourth-order valence-electron chi connectivity index (χ4n) is 2.63. The van der Waals surface area contributed by atoms with E-state index in [1.54, 1.807) is 12.1 Å². The molecule has 0 spiro atoms. The molecule has 18 heavy (non-hydrogen) atoms. The molecule has 1 fully saturated rings. The number of nitrogen functional groups attached to an aromatic ring is 1. The second-order valence-electron chi connectivity index (χ2n) is 5.27. The maximum Gasteiger partial charge on any atom is 0.337 e. The van der Waals surface area contributed by atoms with Crippen LogP contribution in [0.4, 0.5) is 11.4 Å². The highest BCUT2D eigenvalue weighted by molar-refractivity contribution is 5.95. The lowest BCUT2D eigenvalue weighted by atomic mass is 9.97. The van der Waals surface area contributed by atoms with Crippen LogP contribution in [0.25, 0.3) is 0 Å². The van der Waals surface area contributed by atoms with E-state index in [1.165, 1.54) is 12.5 Å². The van der Waals surface area contributed by atoms with Crippen LogP contribution in [0.15, 0.2) is 18.2 Å². The van der Waals surface area contributed by atoms with Gasteiger partial charge >= 0.3 is 5.97 Å². The normalized spacial score (nSPS) is 27.1. The summed E-state index contributed by atoms with van der Waals surface area (Å²) in [6.07, 6.45) is 2.28. The van der Waals surface area contributed by atoms with Crippen molar-refractivity contribution in [3.63, 3.8) is 0 Å². The fraction of sp³-hybridized carbons (Fsp3) is 0.500. The van der Waals surface area contributed by atoms with Gasteiger partial charge in [0.1, 0.15) is 0 Å². The molecule has 4 heteroatoms. The SMILES string of the molecule is CC1CCC(Nc2ccc(N)cc2C(=O)O)C1C. The summed E-state index contributed by atoms with van der Waals surface area (Å²) in [4.78, 5) is 11.2. The lowest BCUT2D eigenvalue weighted by Crippen LogP contribution is -2.25. The van der Waals surface area contributed by atoms with Crippen LogP contribution in [0.2, 0.25) is 0 Å². The zero-order valence-electron chi connectivity index (χ0n) is 10.8. The van der Waals surface area contributed by atoms with Gasteiger partial charge in [-0.3, -0.25) is 0 Å². The monoisotopic (exact) mass is 248 g/mol. The summed E-state index contributed by atoms with van der Waals surface area (Å²) in [5, 5.41) is 12.5. The van der Waals surface area contributed by atoms with Crippen LogP contribution in [0, 0.1) is 11.8 Å². The minimum Gasteiger partial charge on any atom is -0.478 e. The van der Waals surface area contributed by atoms with Crippen molar-refractivity contribution in [1.29, 1.82) is 0 Å². The van der Waals surface area contributed by atoms with Gasteiger partial charge in [-0.1, -0.05) is 13.8 Å². The molecule has 0 radical (unpaired) electrons. The second-order valence-corrected chi connectivity index (χ2v) is 5.27. The van der Waals surface area contributed by atoms with E-state index < -0.39 is 5.97 Å². The standard InChI is InChI=1S/C14H20N2O2/c1-8-3-5-12(9(8)2)16-13-6-4-10(15)7-11(13)14(17)18/h4,6-9,12,16H,3,5,15H2,1-2H3,(H,17,18). The Balaban J connectivity index is 2.21. The summed E-state index contributed by atoms with van der Waals surface area (Å²) < 4.78 is 0. The summed E-state index contributed by atoms with van der Waals surface area (Å²) in [6, 6.07) is 5.35. The fourth-order valence-corrected chi connectivity index (χ4v) is 2.63. The molecule has 4 N–H and O–H groups in total. The number of nitrogens with two attached hydrogens (primary N) is 1. The Morgan fingerprint density at radius 3 is 2.67 bits per heavy atom. The number of carbonyl (C=O) groups is 1. The van der Waals surface area contributed by atoms with Crippen molar-refractivity contribution < 1.29 is 9.90 Å². The van der Waals surface area contributed by atoms with Crippen LogP contribution in [-0.2, 0) is 0 Å². The lowest BCUT2D eigenvalue weighted by molar-refractivity contribution is 0.0698. The quantitative estimate of drug-likeness (QED) is 0.719. The van der Waals surface area contributed by atoms with E-state index in [2.05, 4.69) is 19.2 Å². The summed E-state index contributed by atoms with van der Waals surface area (Å²) in [5.74, 6) is 0.303. The van der Waals surface area contributed by atoms with Crippen molar-refractivity contribution in [1.82, 2.24) is 0 Å². The Morgan fingerprint density at radius 2 is 2.11 bits per heavy atom. The first-order valence-electron chi connectivity index (χ1n) is 6.38. The molecule has 98 valence electrons. The predicted octanol–water partition coefficient (Wildman–Crippen LogP) is 2.81. The van der Waals surface area contributed by atoms with Gasteiger partial charge in [-0.25, -0.2) is 4.79 Å². The maximum absolute atomic E-state index is 11.2. The number of carboxylic acid groups (broad SMARTS) is 1. The van der Waals surface area contributed by atoms with Gasteiger partial charge in [0.15, 0.2) is 0 Å². The van der Waals surface area contributed by atoms with Crippen molar-refractivity contribution in [3.8, 4) is 0 Å². The zero-order valence-corrected chi connectivity index (χ0v) is 10.8. The molecular weight excluding hydrogens is 228 g/mol. The van der Waals surface area contributed by atoms with Crippen LogP contribution < -0.4 is 11.1 Å². The molecule has 0 amide bonds. The minimum absolute atomic E-state index is 0.252. The molecule has 3 unspecified atom stereocenters. The molecule has 0 saturated heterocycles. The Hall–Kier alpha value is -1.71. The van der Waals surface area contributed by atoms with Crippen molar-refractivity contribution >= 4 is 17.3 Å². The van der Waals surface area contributed by atoms with E-state index in [-0.39, 0.29) is 5.56 Å². The number of hydrogen-bond donors (Lipinski definition) is 3. The van der Waals surface area contributed by atoms with Crippen LogP contribution in [0.1, 0.15) is 37.0 Å². The highest BCUT2D eigenvalue weighted by Gasteiger charge is 2.30. The molecule has 0 aliphatic heterocycles. The number of nitrogens with one attached hydrogen (secondary N) is 1. The maximum atomic E-state index is 11.2. The molecule has 0 aromatic heterocycles. The van der Waals surface area contributed by atoms with Gasteiger partial charge in [-0.2, -0.15) is 0 Å². The lowest BCUT2D eigenvalue weighted by Gasteiger charge is -2.22. The third-order valence-corrected chi connectivity index (χ3v) is 4.08. The van der Waals surface area contributed by atoms with Crippen molar-refractivity contribution in [2.45, 2.75) is 32.7 Å². The number of anilines is 2. The summed E-state index contributed by atoms with van der Waals surface area (Å²) in [5.41, 5.74) is 7.03.